The zero-order chi connectivity index (χ0) is 45.1. The first-order valence-corrected chi connectivity index (χ1v) is 28.0. The quantitative estimate of drug-likeness (QED) is 0.0344. The van der Waals surface area contributed by atoms with Crippen molar-refractivity contribution in [3.05, 3.63) is 0 Å². The van der Waals surface area contributed by atoms with Gasteiger partial charge in [0.05, 0.1) is 0 Å². The van der Waals surface area contributed by atoms with Crippen molar-refractivity contribution in [1.29, 1.82) is 0 Å². The van der Waals surface area contributed by atoms with Crippen LogP contribution >= 0.6 is 0 Å². The minimum absolute atomic E-state index is 0.0631. The van der Waals surface area contributed by atoms with Gasteiger partial charge in [0.1, 0.15) is 13.2 Å². The maximum atomic E-state index is 12.7. The van der Waals surface area contributed by atoms with Crippen molar-refractivity contribution in [3.63, 3.8) is 0 Å². The van der Waals surface area contributed by atoms with Gasteiger partial charge in [-0.1, -0.05) is 284 Å². The van der Waals surface area contributed by atoms with Crippen molar-refractivity contribution >= 4 is 17.9 Å². The molecule has 6 nitrogen and oxygen atoms in total. The van der Waals surface area contributed by atoms with Crippen molar-refractivity contribution in [1.82, 2.24) is 0 Å². The molecular weight excluding hydrogens is 769 g/mol. The molecule has 0 bridgehead atoms. The molecule has 368 valence electrons. The van der Waals surface area contributed by atoms with E-state index in [0.29, 0.717) is 19.3 Å². The maximum absolute atomic E-state index is 12.7. The van der Waals surface area contributed by atoms with E-state index in [0.717, 1.165) is 57.8 Å². The van der Waals surface area contributed by atoms with Gasteiger partial charge in [0, 0.05) is 19.3 Å². The predicted octanol–water partition coefficient (Wildman–Crippen LogP) is 18.4. The van der Waals surface area contributed by atoms with Crippen molar-refractivity contribution < 1.29 is 28.6 Å². The van der Waals surface area contributed by atoms with Crippen LogP contribution < -0.4 is 0 Å². The highest BCUT2D eigenvalue weighted by molar-refractivity contribution is 5.71. The van der Waals surface area contributed by atoms with Gasteiger partial charge >= 0.3 is 17.9 Å². The van der Waals surface area contributed by atoms with Crippen LogP contribution in [0.4, 0.5) is 0 Å². The molecule has 0 aromatic carbocycles. The summed E-state index contributed by atoms with van der Waals surface area (Å²) < 4.78 is 16.7. The first-order valence-electron chi connectivity index (χ1n) is 28.0. The van der Waals surface area contributed by atoms with E-state index in [-0.39, 0.29) is 31.1 Å². The molecule has 0 saturated heterocycles. The van der Waals surface area contributed by atoms with Crippen LogP contribution in [0.15, 0.2) is 0 Å². The van der Waals surface area contributed by atoms with Gasteiger partial charge in [0.2, 0.25) is 0 Å². The number of carbonyl (C=O) groups is 3. The molecule has 6 heteroatoms. The van der Waals surface area contributed by atoms with Crippen LogP contribution in [0, 0.1) is 0 Å². The molecule has 0 spiro atoms. The third kappa shape index (κ3) is 49.4. The molecule has 1 unspecified atom stereocenters. The highest BCUT2D eigenvalue weighted by Crippen LogP contribution is 2.18. The number of hydrogen-bond donors (Lipinski definition) is 0. The zero-order valence-corrected chi connectivity index (χ0v) is 42.2. The molecule has 0 aliphatic heterocycles. The highest BCUT2D eigenvalue weighted by atomic mass is 16.6. The second-order valence-corrected chi connectivity index (χ2v) is 19.2. The molecule has 0 amide bonds. The summed E-state index contributed by atoms with van der Waals surface area (Å²) in [5.41, 5.74) is 0. The molecule has 0 saturated carbocycles. The van der Waals surface area contributed by atoms with Gasteiger partial charge in [-0.05, 0) is 19.3 Å². The summed E-state index contributed by atoms with van der Waals surface area (Å²) in [6, 6.07) is 0. The lowest BCUT2D eigenvalue weighted by Gasteiger charge is -2.18. The van der Waals surface area contributed by atoms with Crippen LogP contribution in [0.5, 0.6) is 0 Å². The zero-order valence-electron chi connectivity index (χ0n) is 42.2. The Balaban J connectivity index is 3.89. The van der Waals surface area contributed by atoms with Crippen LogP contribution in [-0.2, 0) is 28.6 Å². The van der Waals surface area contributed by atoms with E-state index in [1.165, 1.54) is 225 Å². The predicted molar refractivity (Wildman–Crippen MR) is 266 cm³/mol. The fraction of sp³-hybridized carbons (Fsp3) is 0.946. The van der Waals surface area contributed by atoms with Crippen LogP contribution in [0.25, 0.3) is 0 Å². The van der Waals surface area contributed by atoms with E-state index in [1.807, 2.05) is 0 Å². The second kappa shape index (κ2) is 52.0. The average molecular weight is 877 g/mol. The Labute approximate surface area is 387 Å². The summed E-state index contributed by atoms with van der Waals surface area (Å²) in [6.07, 6.45) is 57.2. The van der Waals surface area contributed by atoms with Gasteiger partial charge < -0.3 is 14.2 Å². The fourth-order valence-electron chi connectivity index (χ4n) is 8.62. The van der Waals surface area contributed by atoms with E-state index in [9.17, 15) is 14.4 Å². The van der Waals surface area contributed by atoms with E-state index in [2.05, 4.69) is 20.8 Å². The summed E-state index contributed by atoms with van der Waals surface area (Å²) in [5.74, 6) is -0.856. The molecule has 0 aromatic rings. The molecule has 0 radical (unpaired) electrons. The summed E-state index contributed by atoms with van der Waals surface area (Å²) in [7, 11) is 0. The summed E-state index contributed by atoms with van der Waals surface area (Å²) in [4.78, 5) is 37.7. The largest absolute Gasteiger partial charge is 0.462 e. The first-order chi connectivity index (χ1) is 30.5. The van der Waals surface area contributed by atoms with E-state index in [4.69, 9.17) is 14.2 Å². The standard InChI is InChI=1S/C56H108O6/c1-4-7-10-13-16-18-20-21-22-23-24-25-26-27-28-29-30-31-32-33-34-35-36-37-39-40-43-46-49-55(58)61-52-53(51-60-54(57)48-45-42-15-12-9-6-3)62-56(59)50-47-44-41-38-19-17-14-11-8-5-2/h53H,4-52H2,1-3H3. The molecule has 1 atom stereocenters. The SMILES string of the molecule is CCCCCCCCCCCCCCCCCCCCCCCCCCCCCCC(=O)OCC(COC(=O)CCCCCCCC)OC(=O)CCCCCCCCCCCC. The van der Waals surface area contributed by atoms with E-state index in [1.54, 1.807) is 0 Å². The van der Waals surface area contributed by atoms with Gasteiger partial charge in [-0.25, -0.2) is 0 Å². The van der Waals surface area contributed by atoms with Crippen molar-refractivity contribution in [2.45, 2.75) is 329 Å². The summed E-state index contributed by atoms with van der Waals surface area (Å²) >= 11 is 0. The normalized spacial score (nSPS) is 11.9. The Bertz CT molecular complexity index is 920. The summed E-state index contributed by atoms with van der Waals surface area (Å²) in [6.45, 7) is 6.61. The monoisotopic (exact) mass is 877 g/mol. The fourth-order valence-corrected chi connectivity index (χ4v) is 8.62. The molecule has 0 fully saturated rings. The number of unbranched alkanes of at least 4 members (excludes halogenated alkanes) is 41. The smallest absolute Gasteiger partial charge is 0.306 e. The van der Waals surface area contributed by atoms with Crippen LogP contribution in [0.1, 0.15) is 323 Å². The van der Waals surface area contributed by atoms with E-state index < -0.39 is 6.10 Å². The van der Waals surface area contributed by atoms with Crippen LogP contribution in [-0.4, -0.2) is 37.2 Å². The van der Waals surface area contributed by atoms with Gasteiger partial charge in [-0.2, -0.15) is 0 Å². The number of rotatable bonds is 52. The minimum atomic E-state index is -0.758. The molecule has 0 N–H and O–H groups in total. The molecule has 0 rings (SSSR count). The lowest BCUT2D eigenvalue weighted by molar-refractivity contribution is -0.167. The molecule has 0 aliphatic carbocycles. The van der Waals surface area contributed by atoms with Gasteiger partial charge in [-0.3, -0.25) is 14.4 Å². The average Bonchev–Trinajstić information content (AvgIpc) is 3.27. The van der Waals surface area contributed by atoms with Crippen molar-refractivity contribution in [2.24, 2.45) is 0 Å². The first kappa shape index (κ1) is 60.4. The topological polar surface area (TPSA) is 78.9 Å². The van der Waals surface area contributed by atoms with E-state index >= 15 is 0 Å². The lowest BCUT2D eigenvalue weighted by atomic mass is 10.0. The van der Waals surface area contributed by atoms with Crippen LogP contribution in [0.3, 0.4) is 0 Å². The van der Waals surface area contributed by atoms with Crippen molar-refractivity contribution in [3.8, 4) is 0 Å². The highest BCUT2D eigenvalue weighted by Gasteiger charge is 2.19. The Morgan fingerprint density at radius 2 is 0.435 bits per heavy atom. The molecule has 0 aromatic heterocycles. The Morgan fingerprint density at radius 3 is 0.645 bits per heavy atom. The molecule has 62 heavy (non-hydrogen) atoms. The molecular formula is C56H108O6. The van der Waals surface area contributed by atoms with Crippen molar-refractivity contribution in [2.75, 3.05) is 13.2 Å². The Hall–Kier alpha value is -1.59. The number of esters is 3. The van der Waals surface area contributed by atoms with Gasteiger partial charge in [0.25, 0.3) is 0 Å². The number of hydrogen-bond acceptors (Lipinski definition) is 6. The van der Waals surface area contributed by atoms with Gasteiger partial charge in [0.15, 0.2) is 6.10 Å². The number of ether oxygens (including phenoxy) is 3. The number of carbonyl (C=O) groups excluding carboxylic acids is 3. The Morgan fingerprint density at radius 1 is 0.258 bits per heavy atom. The third-order valence-electron chi connectivity index (χ3n) is 12.9. The van der Waals surface area contributed by atoms with Crippen LogP contribution in [0.2, 0.25) is 0 Å². The Kier molecular flexibility index (Phi) is 50.7. The van der Waals surface area contributed by atoms with Gasteiger partial charge in [-0.15, -0.1) is 0 Å². The second-order valence-electron chi connectivity index (χ2n) is 19.2. The molecule has 0 aliphatic rings. The molecule has 0 heterocycles. The minimum Gasteiger partial charge on any atom is -0.462 e. The maximum Gasteiger partial charge on any atom is 0.306 e. The third-order valence-corrected chi connectivity index (χ3v) is 12.9. The summed E-state index contributed by atoms with van der Waals surface area (Å²) in [5, 5.41) is 0. The lowest BCUT2D eigenvalue weighted by Crippen LogP contribution is -2.30.